The summed E-state index contributed by atoms with van der Waals surface area (Å²) in [7, 11) is -1.21. The summed E-state index contributed by atoms with van der Waals surface area (Å²) in [5.74, 6) is -0.133. The summed E-state index contributed by atoms with van der Waals surface area (Å²) in [6.45, 7) is -4.02. The predicted octanol–water partition coefficient (Wildman–Crippen LogP) is 7.53. The Morgan fingerprint density at radius 3 is 2.29 bits per heavy atom. The summed E-state index contributed by atoms with van der Waals surface area (Å²) < 4.78 is 51.1. The zero-order valence-electron chi connectivity index (χ0n) is 19.6. The number of nitro groups is 1. The molecule has 0 spiro atoms. The van der Waals surface area contributed by atoms with Crippen molar-refractivity contribution in [2.45, 2.75) is 9.79 Å². The number of halogens is 1. The van der Waals surface area contributed by atoms with E-state index in [-0.39, 0.29) is 17.2 Å². The van der Waals surface area contributed by atoms with Gasteiger partial charge in [0.15, 0.2) is 0 Å². The average Bonchev–Trinajstić information content (AvgIpc) is 2.88. The van der Waals surface area contributed by atoms with E-state index >= 15 is 0 Å². The van der Waals surface area contributed by atoms with E-state index in [1.165, 1.54) is 48.5 Å². The quantitative estimate of drug-likeness (QED) is 0.0818. The molecule has 0 aliphatic heterocycles. The Kier molecular flexibility index (Phi) is 7.16. The van der Waals surface area contributed by atoms with Crippen molar-refractivity contribution < 1.29 is 27.1 Å². The summed E-state index contributed by atoms with van der Waals surface area (Å²) in [6, 6.07) is 22.7. The maximum atomic E-state index is 13.9. The third kappa shape index (κ3) is 5.70. The molecule has 0 saturated carbocycles. The van der Waals surface area contributed by atoms with Gasteiger partial charge in [0.1, 0.15) is 17.3 Å². The summed E-state index contributed by atoms with van der Waals surface area (Å²) in [4.78, 5) is 16.2. The van der Waals surface area contributed by atoms with Crippen molar-refractivity contribution in [1.29, 1.82) is 0 Å². The molecule has 0 fully saturated rings. The minimum absolute atomic E-state index is 0.117. The molecule has 0 aliphatic rings. The minimum Gasteiger partial charge on any atom is -0.408 e. The molecule has 1 aromatic heterocycles. The van der Waals surface area contributed by atoms with Gasteiger partial charge < -0.3 is 9.05 Å². The Labute approximate surface area is 222 Å². The second-order valence-corrected chi connectivity index (χ2v) is 13.2. The van der Waals surface area contributed by atoms with E-state index in [4.69, 9.17) is 9.05 Å². The number of nitro benzene ring substituents is 1. The molecular formula is C26H18FN2O6PS2. The van der Waals surface area contributed by atoms with E-state index in [0.717, 1.165) is 16.8 Å². The van der Waals surface area contributed by atoms with E-state index in [0.29, 0.717) is 26.2 Å². The number of para-hydroxylation sites is 1. The van der Waals surface area contributed by atoms with Crippen molar-refractivity contribution >= 4 is 56.5 Å². The Balaban J connectivity index is 1.51. The maximum absolute atomic E-state index is 13.9. The van der Waals surface area contributed by atoms with Crippen molar-refractivity contribution in [3.63, 3.8) is 0 Å². The van der Waals surface area contributed by atoms with Crippen molar-refractivity contribution in [2.24, 2.45) is 0 Å². The molecule has 12 heteroatoms. The first-order valence-corrected chi connectivity index (χ1v) is 15.6. The second kappa shape index (κ2) is 10.5. The number of fused-ring (bicyclic) bond motifs is 2. The summed E-state index contributed by atoms with van der Waals surface area (Å²) in [5.41, 5.74) is 1.14. The van der Waals surface area contributed by atoms with E-state index in [1.54, 1.807) is 36.6 Å². The van der Waals surface area contributed by atoms with Gasteiger partial charge in [-0.3, -0.25) is 14.3 Å². The van der Waals surface area contributed by atoms with Crippen molar-refractivity contribution in [1.82, 2.24) is 4.98 Å². The Morgan fingerprint density at radius 1 is 0.921 bits per heavy atom. The molecule has 4 aromatic carbocycles. The number of nitrogens with zero attached hydrogens (tertiary/aromatic N) is 2. The fraction of sp³-hybridized carbons (Fsp3) is 0.0385. The van der Waals surface area contributed by atoms with Crippen LogP contribution in [0.25, 0.3) is 21.8 Å². The van der Waals surface area contributed by atoms with Crippen molar-refractivity contribution in [3.05, 3.63) is 107 Å². The van der Waals surface area contributed by atoms with E-state index in [2.05, 4.69) is 4.98 Å². The highest BCUT2D eigenvalue weighted by molar-refractivity contribution is 8.55. The van der Waals surface area contributed by atoms with Crippen LogP contribution in [0.1, 0.15) is 0 Å². The van der Waals surface area contributed by atoms with Gasteiger partial charge in [-0.1, -0.05) is 12.1 Å². The molecule has 0 aliphatic carbocycles. The first-order chi connectivity index (χ1) is 18.2. The Hall–Kier alpha value is -3.79. The summed E-state index contributed by atoms with van der Waals surface area (Å²) in [5, 5.41) is 12.5. The van der Waals surface area contributed by atoms with Gasteiger partial charge in [-0.25, -0.2) is 13.9 Å². The Bertz CT molecular complexity index is 1750. The van der Waals surface area contributed by atoms with Crippen LogP contribution in [-0.4, -0.2) is 20.4 Å². The van der Waals surface area contributed by atoms with Crippen LogP contribution < -0.4 is 9.05 Å². The monoisotopic (exact) mass is 568 g/mol. The van der Waals surface area contributed by atoms with E-state index < -0.39 is 28.3 Å². The molecular weight excluding hydrogens is 550 g/mol. The lowest BCUT2D eigenvalue weighted by Gasteiger charge is -2.19. The number of aromatic nitrogens is 1. The number of non-ortho nitro benzene ring substituents is 1. The van der Waals surface area contributed by atoms with Crippen molar-refractivity contribution in [2.75, 3.05) is 6.26 Å². The first kappa shape index (κ1) is 25.8. The highest BCUT2D eigenvalue weighted by Gasteiger charge is 2.31. The number of rotatable bonds is 8. The SMILES string of the molecule is CS(=O)c1cccc2cc3cc(OP(=O)(Oc4ccc(F)cc4)Sc4ccc([N+](=O)[O-])cc4)ccc3nc12. The third-order valence-electron chi connectivity index (χ3n) is 5.39. The standard InChI is InChI=1S/C26H18FN2O6PS2/c1-38(33)25-4-2-3-17-15-18-16-22(11-14-24(18)28-26(17)25)35-36(32,34-21-9-5-19(27)6-10-21)37-23-12-7-20(8-13-23)29(30)31/h2-16H,1H3. The van der Waals surface area contributed by atoms with Crippen LogP contribution in [0.5, 0.6) is 11.5 Å². The molecule has 2 atom stereocenters. The summed E-state index contributed by atoms with van der Waals surface area (Å²) in [6.07, 6.45) is 1.60. The topological polar surface area (TPSA) is 109 Å². The molecule has 1 heterocycles. The summed E-state index contributed by atoms with van der Waals surface area (Å²) >= 11 is 0.764. The number of hydrogen-bond donors (Lipinski definition) is 0. The van der Waals surface area contributed by atoms with Crippen LogP contribution in [0.2, 0.25) is 0 Å². The predicted molar refractivity (Wildman–Crippen MR) is 146 cm³/mol. The number of benzene rings is 4. The van der Waals surface area contributed by atoms with Crippen LogP contribution >= 0.6 is 18.2 Å². The minimum atomic E-state index is -4.02. The molecule has 192 valence electrons. The molecule has 0 N–H and O–H groups in total. The zero-order valence-corrected chi connectivity index (χ0v) is 22.2. The smallest absolute Gasteiger partial charge is 0.408 e. The lowest BCUT2D eigenvalue weighted by Crippen LogP contribution is -1.99. The lowest BCUT2D eigenvalue weighted by atomic mass is 10.1. The first-order valence-electron chi connectivity index (χ1n) is 11.0. The highest BCUT2D eigenvalue weighted by atomic mass is 32.7. The van der Waals surface area contributed by atoms with Gasteiger partial charge in [0.05, 0.1) is 31.7 Å². The largest absolute Gasteiger partial charge is 0.497 e. The van der Waals surface area contributed by atoms with Gasteiger partial charge in [0.2, 0.25) is 0 Å². The molecule has 5 aromatic rings. The molecule has 8 nitrogen and oxygen atoms in total. The molecule has 0 radical (unpaired) electrons. The molecule has 0 amide bonds. The second-order valence-electron chi connectivity index (χ2n) is 8.05. The van der Waals surface area contributed by atoms with Crippen LogP contribution in [0.4, 0.5) is 10.1 Å². The van der Waals surface area contributed by atoms with Gasteiger partial charge in [0.25, 0.3) is 5.69 Å². The lowest BCUT2D eigenvalue weighted by molar-refractivity contribution is -0.384. The normalized spacial score (nSPS) is 13.6. The molecule has 2 unspecified atom stereocenters. The van der Waals surface area contributed by atoms with E-state index in [1.807, 2.05) is 12.1 Å². The van der Waals surface area contributed by atoms with Gasteiger partial charge in [-0.2, -0.15) is 0 Å². The van der Waals surface area contributed by atoms with Crippen molar-refractivity contribution in [3.8, 4) is 11.5 Å². The number of pyridine rings is 1. The highest BCUT2D eigenvalue weighted by Crippen LogP contribution is 2.62. The fourth-order valence-corrected chi connectivity index (χ4v) is 7.63. The average molecular weight is 569 g/mol. The third-order valence-corrected chi connectivity index (χ3v) is 9.67. The van der Waals surface area contributed by atoms with Crippen LogP contribution in [0.3, 0.4) is 0 Å². The van der Waals surface area contributed by atoms with Crippen LogP contribution in [-0.2, 0) is 15.4 Å². The van der Waals surface area contributed by atoms with Crippen LogP contribution in [0.15, 0.2) is 101 Å². The molecule has 38 heavy (non-hydrogen) atoms. The van der Waals surface area contributed by atoms with Gasteiger partial charge >= 0.3 is 6.80 Å². The fourth-order valence-electron chi connectivity index (χ4n) is 3.67. The van der Waals surface area contributed by atoms with E-state index in [9.17, 15) is 23.3 Å². The Morgan fingerprint density at radius 2 is 1.61 bits per heavy atom. The maximum Gasteiger partial charge on any atom is 0.497 e. The molecule has 0 bridgehead atoms. The van der Waals surface area contributed by atoms with Gasteiger partial charge in [0, 0.05) is 45.4 Å². The number of hydrogen-bond acceptors (Lipinski definition) is 8. The molecule has 5 rings (SSSR count). The van der Waals surface area contributed by atoms with Crippen LogP contribution in [0, 0.1) is 15.9 Å². The molecule has 0 saturated heterocycles. The van der Waals surface area contributed by atoms with Gasteiger partial charge in [-0.15, -0.1) is 0 Å². The zero-order chi connectivity index (χ0) is 26.9. The van der Waals surface area contributed by atoms with Gasteiger partial charge in [-0.05, 0) is 66.7 Å².